The average molecular weight is 175 g/mol. The quantitative estimate of drug-likeness (QED) is 0.614. The maximum Gasteiger partial charge on any atom is 0.167 e. The minimum absolute atomic E-state index is 0.00185. The van der Waals surface area contributed by atoms with Gasteiger partial charge in [0.25, 0.3) is 0 Å². The molecular weight excluding hydrogens is 170 g/mol. The number of hydrogen-bond donors (Lipinski definition) is 0. The van der Waals surface area contributed by atoms with Crippen LogP contribution in [0.1, 0.15) is 5.56 Å². The molecule has 0 spiro atoms. The molecule has 0 saturated carbocycles. The predicted molar refractivity (Wildman–Crippen MR) is 41.2 cm³/mol. The summed E-state index contributed by atoms with van der Waals surface area (Å²) in [5.74, 6) is -1.86. The molecule has 0 aliphatic rings. The number of benzene rings is 1. The summed E-state index contributed by atoms with van der Waals surface area (Å²) >= 11 is 5.38. The minimum atomic E-state index is -0.951. The van der Waals surface area contributed by atoms with Crippen LogP contribution in [0.15, 0.2) is 24.8 Å². The Balaban J connectivity index is 3.27. The van der Waals surface area contributed by atoms with E-state index in [1.54, 1.807) is 0 Å². The van der Waals surface area contributed by atoms with E-state index >= 15 is 0 Å². The summed E-state index contributed by atoms with van der Waals surface area (Å²) < 4.78 is 25.2. The van der Waals surface area contributed by atoms with Crippen molar-refractivity contribution < 1.29 is 8.78 Å². The molecule has 1 aromatic carbocycles. The zero-order valence-corrected chi connectivity index (χ0v) is 6.33. The molecule has 0 aliphatic heterocycles. The molecule has 0 fully saturated rings. The van der Waals surface area contributed by atoms with Gasteiger partial charge >= 0.3 is 0 Å². The summed E-state index contributed by atoms with van der Waals surface area (Å²) in [7, 11) is 0. The summed E-state index contributed by atoms with van der Waals surface area (Å²) in [6.45, 7) is 3.29. The van der Waals surface area contributed by atoms with E-state index in [0.717, 1.165) is 6.07 Å². The highest BCUT2D eigenvalue weighted by molar-refractivity contribution is 6.48. The molecule has 0 aliphatic carbocycles. The monoisotopic (exact) mass is 174 g/mol. The molecule has 0 saturated heterocycles. The van der Waals surface area contributed by atoms with E-state index < -0.39 is 11.6 Å². The van der Waals surface area contributed by atoms with Crippen molar-refractivity contribution in [1.29, 1.82) is 0 Å². The molecule has 3 heteroatoms. The van der Waals surface area contributed by atoms with Crippen molar-refractivity contribution in [3.8, 4) is 0 Å². The van der Waals surface area contributed by atoms with E-state index in [-0.39, 0.29) is 10.6 Å². The number of rotatable bonds is 1. The van der Waals surface area contributed by atoms with Gasteiger partial charge in [0.05, 0.1) is 0 Å². The lowest BCUT2D eigenvalue weighted by atomic mass is 10.2. The fourth-order valence-electron chi connectivity index (χ4n) is 0.713. The van der Waals surface area contributed by atoms with Gasteiger partial charge in [-0.05, 0) is 6.07 Å². The average Bonchev–Trinajstić information content (AvgIpc) is 1.94. The first-order chi connectivity index (χ1) is 5.13. The van der Waals surface area contributed by atoms with Crippen LogP contribution in [0, 0.1) is 11.6 Å². The normalized spacial score (nSPS) is 9.73. The Labute approximate surface area is 68.1 Å². The molecule has 1 rings (SSSR count). The van der Waals surface area contributed by atoms with E-state index in [4.69, 9.17) is 11.6 Å². The van der Waals surface area contributed by atoms with E-state index in [9.17, 15) is 8.78 Å². The minimum Gasteiger partial charge on any atom is -0.204 e. The van der Waals surface area contributed by atoms with Gasteiger partial charge in [0.2, 0.25) is 0 Å². The Morgan fingerprint density at radius 3 is 2.45 bits per heavy atom. The van der Waals surface area contributed by atoms with Gasteiger partial charge in [0.15, 0.2) is 11.6 Å². The zero-order valence-electron chi connectivity index (χ0n) is 5.57. The predicted octanol–water partition coefficient (Wildman–Crippen LogP) is 3.17. The van der Waals surface area contributed by atoms with Gasteiger partial charge in [-0.25, -0.2) is 8.78 Å². The molecule has 1 aromatic rings. The van der Waals surface area contributed by atoms with E-state index in [2.05, 4.69) is 6.58 Å². The van der Waals surface area contributed by atoms with Crippen LogP contribution < -0.4 is 0 Å². The fourth-order valence-corrected chi connectivity index (χ4v) is 0.859. The Kier molecular flexibility index (Phi) is 2.25. The van der Waals surface area contributed by atoms with Crippen LogP contribution in [0.5, 0.6) is 0 Å². The lowest BCUT2D eigenvalue weighted by Gasteiger charge is -1.99. The Morgan fingerprint density at radius 2 is 2.00 bits per heavy atom. The molecule has 0 unspecified atom stereocenters. The summed E-state index contributed by atoms with van der Waals surface area (Å²) in [6.07, 6.45) is 0. The zero-order chi connectivity index (χ0) is 8.43. The largest absolute Gasteiger partial charge is 0.204 e. The second-order valence-corrected chi connectivity index (χ2v) is 2.46. The first-order valence-corrected chi connectivity index (χ1v) is 3.29. The molecule has 0 N–H and O–H groups in total. The van der Waals surface area contributed by atoms with Crippen LogP contribution >= 0.6 is 11.6 Å². The van der Waals surface area contributed by atoms with Gasteiger partial charge in [-0.3, -0.25) is 0 Å². The third-order valence-corrected chi connectivity index (χ3v) is 1.45. The summed E-state index contributed by atoms with van der Waals surface area (Å²) in [6, 6.07) is 3.77. The first kappa shape index (κ1) is 8.21. The molecule has 0 aromatic heterocycles. The fraction of sp³-hybridized carbons (Fsp3) is 0. The first-order valence-electron chi connectivity index (χ1n) is 2.91. The maximum absolute atomic E-state index is 12.7. The lowest BCUT2D eigenvalue weighted by molar-refractivity contribution is 0.507. The van der Waals surface area contributed by atoms with Crippen molar-refractivity contribution in [2.75, 3.05) is 0 Å². The van der Waals surface area contributed by atoms with Gasteiger partial charge in [-0.1, -0.05) is 30.3 Å². The Morgan fingerprint density at radius 1 is 1.36 bits per heavy atom. The summed E-state index contributed by atoms with van der Waals surface area (Å²) in [5.41, 5.74) is 0.00617. The van der Waals surface area contributed by atoms with Gasteiger partial charge in [-0.15, -0.1) is 0 Å². The van der Waals surface area contributed by atoms with Crippen molar-refractivity contribution in [2.24, 2.45) is 0 Å². The standard InChI is InChI=1S/C8H5ClF2/c1-5(9)6-3-2-4-7(10)8(6)11/h2-4H,1H2. The molecule has 0 amide bonds. The smallest absolute Gasteiger partial charge is 0.167 e. The van der Waals surface area contributed by atoms with E-state index in [1.807, 2.05) is 0 Å². The number of halogens is 3. The van der Waals surface area contributed by atoms with Crippen LogP contribution in [-0.4, -0.2) is 0 Å². The van der Waals surface area contributed by atoms with E-state index in [0.29, 0.717) is 0 Å². The van der Waals surface area contributed by atoms with Gasteiger partial charge < -0.3 is 0 Å². The SMILES string of the molecule is C=C(Cl)c1cccc(F)c1F. The molecule has 11 heavy (non-hydrogen) atoms. The second kappa shape index (κ2) is 3.01. The molecule has 0 radical (unpaired) electrons. The van der Waals surface area contributed by atoms with E-state index in [1.165, 1.54) is 12.1 Å². The maximum atomic E-state index is 12.7. The van der Waals surface area contributed by atoms with Crippen LogP contribution in [-0.2, 0) is 0 Å². The number of hydrogen-bond acceptors (Lipinski definition) is 0. The van der Waals surface area contributed by atoms with Crippen molar-refractivity contribution in [3.63, 3.8) is 0 Å². The van der Waals surface area contributed by atoms with Crippen LogP contribution in [0.4, 0.5) is 8.78 Å². The van der Waals surface area contributed by atoms with Crippen molar-refractivity contribution >= 4 is 16.6 Å². The van der Waals surface area contributed by atoms with Crippen molar-refractivity contribution in [2.45, 2.75) is 0 Å². The second-order valence-electron chi connectivity index (χ2n) is 2.01. The van der Waals surface area contributed by atoms with Crippen molar-refractivity contribution in [3.05, 3.63) is 42.0 Å². The molecule has 0 heterocycles. The summed E-state index contributed by atoms with van der Waals surface area (Å²) in [5, 5.41) is 0.00185. The summed E-state index contributed by atoms with van der Waals surface area (Å²) in [4.78, 5) is 0. The van der Waals surface area contributed by atoms with Gasteiger partial charge in [-0.2, -0.15) is 0 Å². The molecule has 58 valence electrons. The highest BCUT2D eigenvalue weighted by Crippen LogP contribution is 2.21. The molecule has 0 atom stereocenters. The molecule has 0 bridgehead atoms. The Bertz CT molecular complexity index is 294. The van der Waals surface area contributed by atoms with Gasteiger partial charge in [0, 0.05) is 10.6 Å². The van der Waals surface area contributed by atoms with Crippen LogP contribution in [0.3, 0.4) is 0 Å². The molecule has 0 nitrogen and oxygen atoms in total. The highest BCUT2D eigenvalue weighted by Gasteiger charge is 2.07. The molecular formula is C8H5ClF2. The van der Waals surface area contributed by atoms with Gasteiger partial charge in [0.1, 0.15) is 0 Å². The van der Waals surface area contributed by atoms with Crippen molar-refractivity contribution in [1.82, 2.24) is 0 Å². The highest BCUT2D eigenvalue weighted by atomic mass is 35.5. The third kappa shape index (κ3) is 1.57. The topological polar surface area (TPSA) is 0 Å². The lowest BCUT2D eigenvalue weighted by Crippen LogP contribution is -1.88. The van der Waals surface area contributed by atoms with Crippen LogP contribution in [0.2, 0.25) is 0 Å². The third-order valence-electron chi connectivity index (χ3n) is 1.24. The Hall–Kier alpha value is -0.890. The van der Waals surface area contributed by atoms with Crippen LogP contribution in [0.25, 0.3) is 5.03 Å².